The van der Waals surface area contributed by atoms with Gasteiger partial charge in [-0.2, -0.15) is 0 Å². The number of esters is 1. The van der Waals surface area contributed by atoms with Crippen LogP contribution in [0, 0.1) is 17.0 Å². The molecule has 0 saturated heterocycles. The number of ether oxygens (including phenoxy) is 2. The van der Waals surface area contributed by atoms with Crippen LogP contribution in [-0.2, 0) is 16.0 Å². The maximum Gasteiger partial charge on any atom is 0.349 e. The van der Waals surface area contributed by atoms with Crippen LogP contribution < -0.4 is 10.1 Å². The topological polar surface area (TPSA) is 108 Å². The van der Waals surface area contributed by atoms with Gasteiger partial charge in [0, 0.05) is 10.9 Å². The number of benzene rings is 1. The number of non-ortho nitro benzene ring substituents is 1. The smallest absolute Gasteiger partial charge is 0.349 e. The van der Waals surface area contributed by atoms with E-state index in [9.17, 15) is 19.7 Å². The Hall–Kier alpha value is -2.94. The summed E-state index contributed by atoms with van der Waals surface area (Å²) < 4.78 is 10.3. The number of methoxy groups -OCH3 is 1. The SMILES string of the molecule is CCCc1cc(C(=O)O[C@H](C)C(=O)Nc2ccc([N+](=O)[O-])cc2OC)sc1C. The van der Waals surface area contributed by atoms with Crippen molar-refractivity contribution >= 4 is 34.6 Å². The Labute approximate surface area is 166 Å². The molecule has 0 saturated carbocycles. The highest BCUT2D eigenvalue weighted by Crippen LogP contribution is 2.29. The minimum absolute atomic E-state index is 0.138. The zero-order valence-corrected chi connectivity index (χ0v) is 16.9. The van der Waals surface area contributed by atoms with Gasteiger partial charge in [-0.3, -0.25) is 14.9 Å². The Morgan fingerprint density at radius 3 is 2.64 bits per heavy atom. The minimum Gasteiger partial charge on any atom is -0.494 e. The molecule has 0 spiro atoms. The molecule has 0 radical (unpaired) electrons. The van der Waals surface area contributed by atoms with E-state index in [1.807, 2.05) is 6.92 Å². The molecular formula is C19H22N2O6S. The largest absolute Gasteiger partial charge is 0.494 e. The summed E-state index contributed by atoms with van der Waals surface area (Å²) in [5.74, 6) is -0.990. The molecule has 1 aromatic heterocycles. The molecule has 1 heterocycles. The van der Waals surface area contributed by atoms with E-state index in [-0.39, 0.29) is 17.1 Å². The molecule has 9 heteroatoms. The number of thiophene rings is 1. The van der Waals surface area contributed by atoms with Gasteiger partial charge < -0.3 is 14.8 Å². The highest BCUT2D eigenvalue weighted by Gasteiger charge is 2.22. The van der Waals surface area contributed by atoms with Crippen LogP contribution in [0.5, 0.6) is 5.75 Å². The van der Waals surface area contributed by atoms with Crippen molar-refractivity contribution < 1.29 is 24.0 Å². The van der Waals surface area contributed by atoms with E-state index in [1.54, 1.807) is 6.07 Å². The van der Waals surface area contributed by atoms with Crippen LogP contribution >= 0.6 is 11.3 Å². The Morgan fingerprint density at radius 2 is 2.04 bits per heavy atom. The summed E-state index contributed by atoms with van der Waals surface area (Å²) in [6.07, 6.45) is 0.803. The third kappa shape index (κ3) is 5.07. The second kappa shape index (κ2) is 9.32. The van der Waals surface area contributed by atoms with Gasteiger partial charge in [-0.15, -0.1) is 11.3 Å². The van der Waals surface area contributed by atoms with E-state index in [1.165, 1.54) is 43.6 Å². The number of amides is 1. The molecule has 1 aromatic carbocycles. The summed E-state index contributed by atoms with van der Waals surface area (Å²) in [7, 11) is 1.34. The maximum absolute atomic E-state index is 12.4. The van der Waals surface area contributed by atoms with E-state index in [0.29, 0.717) is 4.88 Å². The summed E-state index contributed by atoms with van der Waals surface area (Å²) >= 11 is 1.34. The average Bonchev–Trinajstić information content (AvgIpc) is 3.02. The fraction of sp³-hybridized carbons (Fsp3) is 0.368. The Morgan fingerprint density at radius 1 is 1.32 bits per heavy atom. The first-order chi connectivity index (χ1) is 13.3. The molecule has 2 rings (SSSR count). The lowest BCUT2D eigenvalue weighted by Gasteiger charge is -2.14. The monoisotopic (exact) mass is 406 g/mol. The number of anilines is 1. The van der Waals surface area contributed by atoms with Gasteiger partial charge in [0.05, 0.1) is 23.8 Å². The number of hydrogen-bond donors (Lipinski definition) is 1. The summed E-state index contributed by atoms with van der Waals surface area (Å²) in [4.78, 5) is 36.5. The van der Waals surface area contributed by atoms with Gasteiger partial charge in [-0.1, -0.05) is 13.3 Å². The van der Waals surface area contributed by atoms with Gasteiger partial charge in [-0.05, 0) is 38.0 Å². The van der Waals surface area contributed by atoms with Gasteiger partial charge in [0.25, 0.3) is 11.6 Å². The summed E-state index contributed by atoms with van der Waals surface area (Å²) in [5, 5.41) is 13.4. The molecule has 0 unspecified atom stereocenters. The lowest BCUT2D eigenvalue weighted by atomic mass is 10.1. The highest BCUT2D eigenvalue weighted by molar-refractivity contribution is 7.14. The van der Waals surface area contributed by atoms with Gasteiger partial charge in [-0.25, -0.2) is 4.79 Å². The van der Waals surface area contributed by atoms with Crippen molar-refractivity contribution in [3.63, 3.8) is 0 Å². The zero-order chi connectivity index (χ0) is 20.8. The number of hydrogen-bond acceptors (Lipinski definition) is 7. The Bertz CT molecular complexity index is 893. The third-order valence-corrected chi connectivity index (χ3v) is 5.12. The van der Waals surface area contributed by atoms with Crippen LogP contribution in [0.4, 0.5) is 11.4 Å². The van der Waals surface area contributed by atoms with E-state index in [0.717, 1.165) is 23.3 Å². The third-order valence-electron chi connectivity index (χ3n) is 4.05. The van der Waals surface area contributed by atoms with Crippen molar-refractivity contribution in [2.45, 2.75) is 39.7 Å². The normalized spacial score (nSPS) is 11.6. The molecule has 150 valence electrons. The minimum atomic E-state index is -1.05. The van der Waals surface area contributed by atoms with E-state index in [2.05, 4.69) is 12.2 Å². The zero-order valence-electron chi connectivity index (χ0n) is 16.1. The lowest BCUT2D eigenvalue weighted by molar-refractivity contribution is -0.384. The van der Waals surface area contributed by atoms with Crippen molar-refractivity contribution in [1.82, 2.24) is 0 Å². The number of nitro benzene ring substituents is 1. The number of aryl methyl sites for hydroxylation is 2. The molecule has 28 heavy (non-hydrogen) atoms. The molecule has 2 aromatic rings. The van der Waals surface area contributed by atoms with Gasteiger partial charge in [0.2, 0.25) is 0 Å². The fourth-order valence-electron chi connectivity index (χ4n) is 2.54. The van der Waals surface area contributed by atoms with E-state index >= 15 is 0 Å². The van der Waals surface area contributed by atoms with Crippen LogP contribution in [0.1, 0.15) is 40.4 Å². The first kappa shape index (κ1) is 21.4. The second-order valence-corrected chi connectivity index (χ2v) is 7.38. The van der Waals surface area contributed by atoms with Crippen molar-refractivity contribution in [3.05, 3.63) is 49.7 Å². The molecular weight excluding hydrogens is 384 g/mol. The Balaban J connectivity index is 2.05. The quantitative estimate of drug-likeness (QED) is 0.401. The van der Waals surface area contributed by atoms with Crippen molar-refractivity contribution in [2.24, 2.45) is 0 Å². The standard InChI is InChI=1S/C19H22N2O6S/c1-5-6-13-9-17(28-12(13)3)19(23)27-11(2)18(22)20-15-8-7-14(21(24)25)10-16(15)26-4/h7-11H,5-6H2,1-4H3,(H,20,22)/t11-/m1/s1. The number of nitro groups is 1. The van der Waals surface area contributed by atoms with Crippen LogP contribution in [-0.4, -0.2) is 30.0 Å². The van der Waals surface area contributed by atoms with Gasteiger partial charge >= 0.3 is 5.97 Å². The summed E-state index contributed by atoms with van der Waals surface area (Å²) in [6, 6.07) is 5.62. The molecule has 1 N–H and O–H groups in total. The number of nitrogens with zero attached hydrogens (tertiary/aromatic N) is 1. The number of rotatable bonds is 8. The first-order valence-corrected chi connectivity index (χ1v) is 9.52. The second-order valence-electron chi connectivity index (χ2n) is 6.12. The van der Waals surface area contributed by atoms with Crippen molar-refractivity contribution in [2.75, 3.05) is 12.4 Å². The molecule has 0 fully saturated rings. The van der Waals surface area contributed by atoms with E-state index in [4.69, 9.17) is 9.47 Å². The van der Waals surface area contributed by atoms with Crippen LogP contribution in [0.2, 0.25) is 0 Å². The average molecular weight is 406 g/mol. The first-order valence-electron chi connectivity index (χ1n) is 8.70. The van der Waals surface area contributed by atoms with Crippen LogP contribution in [0.3, 0.4) is 0 Å². The molecule has 0 bridgehead atoms. The van der Waals surface area contributed by atoms with E-state index < -0.39 is 22.9 Å². The predicted octanol–water partition coefficient (Wildman–Crippen LogP) is 4.11. The predicted molar refractivity (Wildman–Crippen MR) is 106 cm³/mol. The molecule has 1 amide bonds. The molecule has 0 aliphatic rings. The highest BCUT2D eigenvalue weighted by atomic mass is 32.1. The maximum atomic E-state index is 12.4. The number of carbonyl (C=O) groups excluding carboxylic acids is 2. The molecule has 0 aliphatic heterocycles. The molecule has 0 aliphatic carbocycles. The number of nitrogens with one attached hydrogen (secondary N) is 1. The van der Waals surface area contributed by atoms with Gasteiger partial charge in [0.1, 0.15) is 10.6 Å². The van der Waals surface area contributed by atoms with Crippen LogP contribution in [0.15, 0.2) is 24.3 Å². The fourth-order valence-corrected chi connectivity index (χ4v) is 3.50. The van der Waals surface area contributed by atoms with Crippen LogP contribution in [0.25, 0.3) is 0 Å². The lowest BCUT2D eigenvalue weighted by Crippen LogP contribution is -2.30. The van der Waals surface area contributed by atoms with Gasteiger partial charge in [0.15, 0.2) is 6.10 Å². The molecule has 8 nitrogen and oxygen atoms in total. The Kier molecular flexibility index (Phi) is 7.11. The summed E-state index contributed by atoms with van der Waals surface area (Å²) in [6.45, 7) is 5.47. The van der Waals surface area contributed by atoms with Crippen molar-refractivity contribution in [1.29, 1.82) is 0 Å². The van der Waals surface area contributed by atoms with Crippen molar-refractivity contribution in [3.8, 4) is 5.75 Å². The number of carbonyl (C=O) groups is 2. The summed E-state index contributed by atoms with van der Waals surface area (Å²) in [5.41, 5.74) is 1.19. The molecule has 1 atom stereocenters.